The lowest BCUT2D eigenvalue weighted by Gasteiger charge is -2.27. The summed E-state index contributed by atoms with van der Waals surface area (Å²) in [6.07, 6.45) is 0. The average molecular weight is 389 g/mol. The molecule has 0 aliphatic carbocycles. The highest BCUT2D eigenvalue weighted by Crippen LogP contribution is 2.44. The van der Waals surface area contributed by atoms with Crippen molar-refractivity contribution in [2.45, 2.75) is 25.9 Å². The number of halogens is 1. The molecule has 0 N–H and O–H groups in total. The van der Waals surface area contributed by atoms with E-state index in [2.05, 4.69) is 55.5 Å². The summed E-state index contributed by atoms with van der Waals surface area (Å²) >= 11 is 6.09. The Morgan fingerprint density at radius 1 is 0.821 bits per heavy atom. The zero-order valence-corrected chi connectivity index (χ0v) is 16.6. The summed E-state index contributed by atoms with van der Waals surface area (Å²) in [5.41, 5.74) is 5.31. The van der Waals surface area contributed by atoms with E-state index in [0.29, 0.717) is 5.84 Å². The van der Waals surface area contributed by atoms with Crippen LogP contribution in [-0.4, -0.2) is 16.1 Å². The largest absolute Gasteiger partial charge is 0.322 e. The quantitative estimate of drug-likeness (QED) is 0.388. The molecule has 1 aliphatic heterocycles. The highest BCUT2D eigenvalue weighted by molar-refractivity contribution is 6.64. The number of carbonyl (C=O) groups is 1. The number of aryl methyl sites for hydroxylation is 2. The molecule has 0 radical (unpaired) electrons. The molecule has 0 saturated carbocycles. The van der Waals surface area contributed by atoms with E-state index in [-0.39, 0.29) is 12.1 Å². The van der Waals surface area contributed by atoms with Crippen molar-refractivity contribution in [2.75, 3.05) is 0 Å². The lowest BCUT2D eigenvalue weighted by atomic mass is 9.93. The molecule has 28 heavy (non-hydrogen) atoms. The monoisotopic (exact) mass is 388 g/mol. The molecule has 140 valence electrons. The lowest BCUT2D eigenvalue weighted by molar-refractivity contribution is 0.231. The summed E-state index contributed by atoms with van der Waals surface area (Å²) in [5, 5.41) is -0.525. The second-order valence-corrected chi connectivity index (χ2v) is 7.48. The van der Waals surface area contributed by atoms with Gasteiger partial charge in [-0.15, -0.1) is 0 Å². The smallest absolute Gasteiger partial charge is 0.273 e. The summed E-state index contributed by atoms with van der Waals surface area (Å²) < 4.78 is 0. The van der Waals surface area contributed by atoms with E-state index in [0.717, 1.165) is 16.7 Å². The van der Waals surface area contributed by atoms with E-state index >= 15 is 0 Å². The SMILES string of the molecule is Cc1ccc([C@@H]2[C@H](c3ccc(C)cc3)N=C(c3ccccc3)N2C(=O)Cl)cc1. The van der Waals surface area contributed by atoms with Crippen LogP contribution in [0.15, 0.2) is 83.9 Å². The maximum absolute atomic E-state index is 12.5. The molecule has 0 spiro atoms. The van der Waals surface area contributed by atoms with Gasteiger partial charge in [0, 0.05) is 5.56 Å². The van der Waals surface area contributed by atoms with Gasteiger partial charge in [0.25, 0.3) is 0 Å². The first-order chi connectivity index (χ1) is 13.5. The van der Waals surface area contributed by atoms with Crippen molar-refractivity contribution >= 4 is 22.8 Å². The highest BCUT2D eigenvalue weighted by atomic mass is 35.5. The molecular weight excluding hydrogens is 368 g/mol. The normalized spacial score (nSPS) is 18.8. The van der Waals surface area contributed by atoms with Crippen LogP contribution in [-0.2, 0) is 0 Å². The Morgan fingerprint density at radius 2 is 1.36 bits per heavy atom. The van der Waals surface area contributed by atoms with Crippen LogP contribution in [0.3, 0.4) is 0 Å². The van der Waals surface area contributed by atoms with Crippen molar-refractivity contribution in [2.24, 2.45) is 4.99 Å². The van der Waals surface area contributed by atoms with Gasteiger partial charge in [-0.2, -0.15) is 0 Å². The Kier molecular flexibility index (Phi) is 5.01. The first-order valence-corrected chi connectivity index (χ1v) is 9.67. The van der Waals surface area contributed by atoms with Gasteiger partial charge in [-0.25, -0.2) is 0 Å². The van der Waals surface area contributed by atoms with E-state index in [1.807, 2.05) is 37.3 Å². The maximum atomic E-state index is 12.5. The van der Waals surface area contributed by atoms with E-state index in [4.69, 9.17) is 16.6 Å². The van der Waals surface area contributed by atoms with Crippen molar-refractivity contribution in [1.82, 2.24) is 4.90 Å². The van der Waals surface area contributed by atoms with E-state index in [9.17, 15) is 4.79 Å². The summed E-state index contributed by atoms with van der Waals surface area (Å²) in [7, 11) is 0. The molecule has 4 rings (SSSR count). The molecular formula is C24H21ClN2O. The fourth-order valence-corrected chi connectivity index (χ4v) is 3.83. The van der Waals surface area contributed by atoms with Gasteiger partial charge >= 0.3 is 5.37 Å². The van der Waals surface area contributed by atoms with Gasteiger partial charge < -0.3 is 0 Å². The summed E-state index contributed by atoms with van der Waals surface area (Å²) in [4.78, 5) is 19.1. The minimum atomic E-state index is -0.525. The minimum Gasteiger partial charge on any atom is -0.273 e. The Bertz CT molecular complexity index is 1010. The van der Waals surface area contributed by atoms with Crippen molar-refractivity contribution in [3.05, 3.63) is 107 Å². The van der Waals surface area contributed by atoms with Crippen LogP contribution >= 0.6 is 11.6 Å². The number of hydrogen-bond acceptors (Lipinski definition) is 2. The number of rotatable bonds is 3. The van der Waals surface area contributed by atoms with Gasteiger partial charge in [0.1, 0.15) is 11.9 Å². The van der Waals surface area contributed by atoms with Crippen molar-refractivity contribution in [1.29, 1.82) is 0 Å². The number of benzene rings is 3. The van der Waals surface area contributed by atoms with Gasteiger partial charge in [-0.05, 0) is 36.6 Å². The summed E-state index contributed by atoms with van der Waals surface area (Å²) in [6.45, 7) is 4.11. The Morgan fingerprint density at radius 3 is 1.89 bits per heavy atom. The van der Waals surface area contributed by atoms with Crippen LogP contribution in [0, 0.1) is 13.8 Å². The Labute approximate surface area is 170 Å². The van der Waals surface area contributed by atoms with Crippen LogP contribution in [0.4, 0.5) is 4.79 Å². The second-order valence-electron chi connectivity index (χ2n) is 7.15. The summed E-state index contributed by atoms with van der Waals surface area (Å²) in [5.74, 6) is 0.608. The second kappa shape index (κ2) is 7.61. The zero-order valence-electron chi connectivity index (χ0n) is 15.8. The van der Waals surface area contributed by atoms with Crippen LogP contribution in [0.5, 0.6) is 0 Å². The third-order valence-corrected chi connectivity index (χ3v) is 5.31. The first-order valence-electron chi connectivity index (χ1n) is 9.29. The molecule has 0 fully saturated rings. The fourth-order valence-electron chi connectivity index (χ4n) is 3.65. The summed E-state index contributed by atoms with van der Waals surface area (Å²) in [6, 6.07) is 25.7. The molecule has 0 saturated heterocycles. The molecule has 3 aromatic carbocycles. The topological polar surface area (TPSA) is 32.7 Å². The van der Waals surface area contributed by atoms with Crippen LogP contribution in [0.25, 0.3) is 0 Å². The van der Waals surface area contributed by atoms with Gasteiger partial charge in [-0.1, -0.05) is 90.0 Å². The van der Waals surface area contributed by atoms with Crippen LogP contribution in [0.1, 0.15) is 39.9 Å². The van der Waals surface area contributed by atoms with Crippen molar-refractivity contribution in [3.63, 3.8) is 0 Å². The van der Waals surface area contributed by atoms with Gasteiger partial charge in [-0.3, -0.25) is 14.7 Å². The molecule has 3 nitrogen and oxygen atoms in total. The minimum absolute atomic E-state index is 0.221. The predicted octanol–water partition coefficient (Wildman–Crippen LogP) is 6.21. The number of hydrogen-bond donors (Lipinski definition) is 0. The first kappa shape index (κ1) is 18.5. The number of amides is 1. The third kappa shape index (κ3) is 3.46. The average Bonchev–Trinajstić information content (AvgIpc) is 3.11. The Balaban J connectivity index is 1.88. The van der Waals surface area contributed by atoms with Gasteiger partial charge in [0.2, 0.25) is 0 Å². The number of carbonyl (C=O) groups excluding carboxylic acids is 1. The Hall–Kier alpha value is -2.91. The molecule has 3 aromatic rings. The molecule has 2 atom stereocenters. The molecule has 1 aliphatic rings. The van der Waals surface area contributed by atoms with Crippen molar-refractivity contribution < 1.29 is 4.79 Å². The van der Waals surface area contributed by atoms with Crippen LogP contribution < -0.4 is 0 Å². The van der Waals surface area contributed by atoms with Crippen molar-refractivity contribution in [3.8, 4) is 0 Å². The molecule has 0 bridgehead atoms. The van der Waals surface area contributed by atoms with E-state index in [1.165, 1.54) is 11.1 Å². The molecule has 1 amide bonds. The third-order valence-electron chi connectivity index (χ3n) is 5.13. The van der Waals surface area contributed by atoms with Crippen LogP contribution in [0.2, 0.25) is 0 Å². The number of nitrogens with zero attached hydrogens (tertiary/aromatic N) is 2. The molecule has 1 heterocycles. The molecule has 4 heteroatoms. The standard InChI is InChI=1S/C24H21ClN2O/c1-16-8-12-18(13-9-16)21-22(19-14-10-17(2)11-15-19)27(24(25)28)23(26-21)20-6-4-3-5-7-20/h3-15,21-22H,1-2H3/t21-,22+/m0/s1. The van der Waals surface area contributed by atoms with E-state index in [1.54, 1.807) is 4.90 Å². The number of aliphatic imine (C=N–C) groups is 1. The lowest BCUT2D eigenvalue weighted by Crippen LogP contribution is -2.34. The zero-order chi connectivity index (χ0) is 19.7. The van der Waals surface area contributed by atoms with Gasteiger partial charge in [0.15, 0.2) is 0 Å². The van der Waals surface area contributed by atoms with E-state index < -0.39 is 5.37 Å². The predicted molar refractivity (Wildman–Crippen MR) is 114 cm³/mol. The highest BCUT2D eigenvalue weighted by Gasteiger charge is 2.41. The van der Waals surface area contributed by atoms with Gasteiger partial charge in [0.05, 0.1) is 6.04 Å². The number of amidine groups is 1. The maximum Gasteiger partial charge on any atom is 0.322 e. The molecule has 0 unspecified atom stereocenters. The molecule has 0 aromatic heterocycles. The fraction of sp³-hybridized carbons (Fsp3) is 0.167.